The van der Waals surface area contributed by atoms with E-state index in [0.717, 1.165) is 23.7 Å². The largest absolute Gasteiger partial charge is 0.309 e. The number of carbonyl (C=O) groups excluding carboxylic acids is 1. The van der Waals surface area contributed by atoms with Gasteiger partial charge in [0, 0.05) is 25.9 Å². The summed E-state index contributed by atoms with van der Waals surface area (Å²) < 4.78 is 54.3. The zero-order valence-electron chi connectivity index (χ0n) is 18.7. The Morgan fingerprint density at radius 1 is 0.971 bits per heavy atom. The van der Waals surface area contributed by atoms with Gasteiger partial charge in [-0.25, -0.2) is 17.2 Å². The molecule has 1 unspecified atom stereocenters. The number of carbonyl (C=O) groups is 1. The van der Waals surface area contributed by atoms with Crippen LogP contribution < -0.4 is 5.32 Å². The predicted molar refractivity (Wildman–Crippen MR) is 130 cm³/mol. The highest BCUT2D eigenvalue weighted by molar-refractivity contribution is 7.90. The number of Topliss-reactive ketones (excluding diaryl/α,β-unsaturated/α-hetero) is 1. The summed E-state index contributed by atoms with van der Waals surface area (Å²) in [6.07, 6.45) is -0.115. The van der Waals surface area contributed by atoms with Gasteiger partial charge in [0.25, 0.3) is 0 Å². The molecule has 180 valence electrons. The van der Waals surface area contributed by atoms with Gasteiger partial charge < -0.3 is 5.32 Å². The first-order valence-electron chi connectivity index (χ1n) is 10.8. The molecule has 3 aromatic carbocycles. The van der Waals surface area contributed by atoms with Gasteiger partial charge in [0.15, 0.2) is 9.84 Å². The number of fused-ring (bicyclic) bond motifs is 1. The lowest BCUT2D eigenvalue weighted by Crippen LogP contribution is -2.11. The van der Waals surface area contributed by atoms with Crippen LogP contribution in [0.3, 0.4) is 0 Å². The molecule has 4 nitrogen and oxygen atoms in total. The van der Waals surface area contributed by atoms with Crippen molar-refractivity contribution in [3.05, 3.63) is 100 Å². The third kappa shape index (κ3) is 5.90. The van der Waals surface area contributed by atoms with Crippen molar-refractivity contribution in [2.24, 2.45) is 0 Å². The number of nitrogens with one attached hydrogen (secondary N) is 1. The van der Waals surface area contributed by atoms with Crippen LogP contribution >= 0.6 is 12.4 Å². The summed E-state index contributed by atoms with van der Waals surface area (Å²) in [7, 11) is -3.75. The van der Waals surface area contributed by atoms with Gasteiger partial charge in [-0.3, -0.25) is 4.79 Å². The minimum atomic E-state index is -3.75. The first kappa shape index (κ1) is 26.0. The summed E-state index contributed by atoms with van der Waals surface area (Å²) >= 11 is 0. The Morgan fingerprint density at radius 2 is 1.71 bits per heavy atom. The molecule has 0 amide bonds. The lowest BCUT2D eigenvalue weighted by Gasteiger charge is -2.13. The van der Waals surface area contributed by atoms with Crippen LogP contribution in [0.5, 0.6) is 0 Å². The smallest absolute Gasteiger partial charge is 0.182 e. The van der Waals surface area contributed by atoms with Crippen molar-refractivity contribution in [1.29, 1.82) is 0 Å². The Morgan fingerprint density at radius 3 is 2.44 bits per heavy atom. The number of halogens is 3. The maximum absolute atomic E-state index is 14.7. The van der Waals surface area contributed by atoms with E-state index in [9.17, 15) is 22.0 Å². The van der Waals surface area contributed by atoms with Gasteiger partial charge in [-0.05, 0) is 51.9 Å². The molecule has 0 aliphatic carbocycles. The summed E-state index contributed by atoms with van der Waals surface area (Å²) in [5.74, 6) is -1.92. The van der Waals surface area contributed by atoms with Gasteiger partial charge in [0.2, 0.25) is 0 Å². The fourth-order valence-electron chi connectivity index (χ4n) is 4.22. The van der Waals surface area contributed by atoms with E-state index in [2.05, 4.69) is 5.32 Å². The highest BCUT2D eigenvalue weighted by Gasteiger charge is 2.21. The van der Waals surface area contributed by atoms with Gasteiger partial charge in [0.1, 0.15) is 17.4 Å². The SMILES string of the molecule is CC(CC(=O)Cc1ccc(S(=O)(=O)Cc2ccc3c(c2)CNC3)cc1F)c1ccccc1F.Cl. The molecule has 8 heteroatoms. The molecule has 1 aliphatic rings. The molecule has 1 aliphatic heterocycles. The molecule has 0 saturated carbocycles. The van der Waals surface area contributed by atoms with Crippen molar-refractivity contribution < 1.29 is 22.0 Å². The van der Waals surface area contributed by atoms with Crippen LogP contribution in [-0.4, -0.2) is 14.2 Å². The summed E-state index contributed by atoms with van der Waals surface area (Å²) in [5.41, 5.74) is 3.45. The molecule has 0 bridgehead atoms. The molecule has 4 rings (SSSR count). The van der Waals surface area contributed by atoms with E-state index in [1.54, 1.807) is 31.2 Å². The lowest BCUT2D eigenvalue weighted by molar-refractivity contribution is -0.118. The van der Waals surface area contributed by atoms with Crippen molar-refractivity contribution in [3.8, 4) is 0 Å². The fraction of sp³-hybridized carbons (Fsp3) is 0.269. The van der Waals surface area contributed by atoms with Crippen LogP contribution in [0.2, 0.25) is 0 Å². The molecule has 0 aromatic heterocycles. The van der Waals surface area contributed by atoms with Crippen LogP contribution in [-0.2, 0) is 39.9 Å². The Labute approximate surface area is 204 Å². The van der Waals surface area contributed by atoms with Crippen LogP contribution in [0, 0.1) is 11.6 Å². The molecule has 0 spiro atoms. The first-order chi connectivity index (χ1) is 15.7. The molecule has 34 heavy (non-hydrogen) atoms. The lowest BCUT2D eigenvalue weighted by atomic mass is 9.93. The number of ketones is 1. The van der Waals surface area contributed by atoms with E-state index >= 15 is 0 Å². The van der Waals surface area contributed by atoms with Gasteiger partial charge >= 0.3 is 0 Å². The van der Waals surface area contributed by atoms with E-state index < -0.39 is 15.7 Å². The van der Waals surface area contributed by atoms with Crippen molar-refractivity contribution in [2.75, 3.05) is 0 Å². The summed E-state index contributed by atoms with van der Waals surface area (Å²) in [6, 6.07) is 15.5. The maximum atomic E-state index is 14.7. The highest BCUT2D eigenvalue weighted by atomic mass is 35.5. The van der Waals surface area contributed by atoms with E-state index in [1.807, 2.05) is 12.1 Å². The van der Waals surface area contributed by atoms with E-state index in [4.69, 9.17) is 0 Å². The summed E-state index contributed by atoms with van der Waals surface area (Å²) in [4.78, 5) is 12.3. The van der Waals surface area contributed by atoms with E-state index in [-0.39, 0.29) is 59.0 Å². The second-order valence-electron chi connectivity index (χ2n) is 8.56. The van der Waals surface area contributed by atoms with Crippen molar-refractivity contribution >= 4 is 28.0 Å². The molecule has 1 atom stereocenters. The van der Waals surface area contributed by atoms with Crippen LogP contribution in [0.15, 0.2) is 65.6 Å². The second kappa shape index (κ2) is 10.8. The van der Waals surface area contributed by atoms with Crippen molar-refractivity contribution in [2.45, 2.75) is 49.4 Å². The monoisotopic (exact) mass is 505 g/mol. The molecular weight excluding hydrogens is 480 g/mol. The Balaban J connectivity index is 0.00000324. The normalized spacial score (nSPS) is 13.7. The van der Waals surface area contributed by atoms with E-state index in [1.165, 1.54) is 18.2 Å². The van der Waals surface area contributed by atoms with Gasteiger partial charge in [-0.1, -0.05) is 49.4 Å². The van der Waals surface area contributed by atoms with Crippen LogP contribution in [0.1, 0.15) is 47.1 Å². The Bertz CT molecular complexity index is 1310. The minimum Gasteiger partial charge on any atom is -0.309 e. The fourth-order valence-corrected chi connectivity index (χ4v) is 5.56. The van der Waals surface area contributed by atoms with Crippen LogP contribution in [0.4, 0.5) is 8.78 Å². The number of rotatable bonds is 8. The summed E-state index contributed by atoms with van der Waals surface area (Å²) in [6.45, 7) is 3.22. The number of hydrogen-bond acceptors (Lipinski definition) is 4. The van der Waals surface area contributed by atoms with Crippen molar-refractivity contribution in [1.82, 2.24) is 5.32 Å². The molecule has 3 aromatic rings. The summed E-state index contributed by atoms with van der Waals surface area (Å²) in [5, 5.41) is 3.22. The number of benzene rings is 3. The Hall–Kier alpha value is -2.61. The topological polar surface area (TPSA) is 63.2 Å². The standard InChI is InChI=1S/C26H25F2NO3S.ClH/c1-17(24-4-2-3-5-25(24)27)10-22(30)12-19-8-9-23(13-26(19)28)33(31,32)16-18-6-7-20-14-29-15-21(20)11-18;/h2-9,11,13,17,29H,10,12,14-16H2,1H3;1H. The molecule has 1 heterocycles. The minimum absolute atomic E-state index is 0. The highest BCUT2D eigenvalue weighted by Crippen LogP contribution is 2.25. The van der Waals surface area contributed by atoms with Gasteiger partial charge in [0.05, 0.1) is 10.6 Å². The molecule has 0 saturated heterocycles. The van der Waals surface area contributed by atoms with Gasteiger partial charge in [-0.2, -0.15) is 0 Å². The molecule has 0 radical (unpaired) electrons. The zero-order valence-corrected chi connectivity index (χ0v) is 20.3. The average molecular weight is 506 g/mol. The van der Waals surface area contributed by atoms with E-state index in [0.29, 0.717) is 17.7 Å². The second-order valence-corrected chi connectivity index (χ2v) is 10.6. The average Bonchev–Trinajstić information content (AvgIpc) is 3.23. The number of sulfone groups is 1. The zero-order chi connectivity index (χ0) is 23.6. The van der Waals surface area contributed by atoms with Crippen LogP contribution in [0.25, 0.3) is 0 Å². The number of hydrogen-bond donors (Lipinski definition) is 1. The maximum Gasteiger partial charge on any atom is 0.182 e. The molecule has 1 N–H and O–H groups in total. The molecule has 0 fully saturated rings. The van der Waals surface area contributed by atoms with Gasteiger partial charge in [-0.15, -0.1) is 12.4 Å². The first-order valence-corrected chi connectivity index (χ1v) is 12.5. The predicted octanol–water partition coefficient (Wildman–Crippen LogP) is 5.27. The third-order valence-corrected chi connectivity index (χ3v) is 7.69. The third-order valence-electron chi connectivity index (χ3n) is 6.00. The quantitative estimate of drug-likeness (QED) is 0.453. The molecular formula is C26H26ClF2NO3S. The van der Waals surface area contributed by atoms with Crippen molar-refractivity contribution in [3.63, 3.8) is 0 Å². The Kier molecular flexibility index (Phi) is 8.23.